The van der Waals surface area contributed by atoms with Crippen LogP contribution in [-0.4, -0.2) is 12.2 Å². The molecule has 0 aliphatic carbocycles. The minimum atomic E-state index is -0.0851. The van der Waals surface area contributed by atoms with Crippen LogP contribution >= 0.6 is 50.3 Å². The number of rotatable bonds is 3. The Bertz CT molecular complexity index is 618. The predicted octanol–water partition coefficient (Wildman–Crippen LogP) is 5.03. The molecule has 2 aromatic carbocycles. The second-order valence-corrected chi connectivity index (χ2v) is 6.65. The molecule has 0 aliphatic heterocycles. The number of carbonyl (C=O) groups excluding carboxylic acids is 1. The van der Waals surface area contributed by atoms with Gasteiger partial charge in [-0.1, -0.05) is 12.1 Å². The van der Waals surface area contributed by atoms with Gasteiger partial charge in [-0.2, -0.15) is 0 Å². The zero-order valence-corrected chi connectivity index (χ0v) is 14.7. The summed E-state index contributed by atoms with van der Waals surface area (Å²) in [4.78, 5) is 13.2. The van der Waals surface area contributed by atoms with Gasteiger partial charge in [-0.15, -0.1) is 11.8 Å². The van der Waals surface area contributed by atoms with E-state index in [1.165, 1.54) is 0 Å². The van der Waals surface area contributed by atoms with E-state index in [-0.39, 0.29) is 5.91 Å². The molecule has 0 bridgehead atoms. The van der Waals surface area contributed by atoms with Crippen molar-refractivity contribution in [3.63, 3.8) is 0 Å². The van der Waals surface area contributed by atoms with Gasteiger partial charge in [0, 0.05) is 18.6 Å². The lowest BCUT2D eigenvalue weighted by Gasteiger charge is -2.09. The highest BCUT2D eigenvalue weighted by molar-refractivity contribution is 14.1. The zero-order chi connectivity index (χ0) is 13.8. The Morgan fingerprint density at radius 1 is 1.26 bits per heavy atom. The second-order valence-electron chi connectivity index (χ2n) is 3.78. The van der Waals surface area contributed by atoms with Crippen molar-refractivity contribution in [2.75, 3.05) is 11.6 Å². The van der Waals surface area contributed by atoms with Gasteiger partial charge in [0.05, 0.1) is 5.56 Å². The third-order valence-corrected chi connectivity index (χ3v) is 5.66. The first-order valence-corrected chi connectivity index (χ1v) is 8.61. The van der Waals surface area contributed by atoms with Crippen LogP contribution in [0.1, 0.15) is 10.4 Å². The summed E-state index contributed by atoms with van der Waals surface area (Å²) in [6, 6.07) is 13.4. The van der Waals surface area contributed by atoms with Gasteiger partial charge in [-0.3, -0.25) is 4.79 Å². The van der Waals surface area contributed by atoms with Crippen LogP contribution in [0.4, 0.5) is 5.69 Å². The van der Waals surface area contributed by atoms with Gasteiger partial charge >= 0.3 is 0 Å². The first-order chi connectivity index (χ1) is 9.11. The van der Waals surface area contributed by atoms with Gasteiger partial charge in [0.1, 0.15) is 0 Å². The van der Waals surface area contributed by atoms with E-state index in [1.807, 2.05) is 48.7 Å². The molecular formula is C14H11BrINOS. The normalized spacial score (nSPS) is 10.3. The van der Waals surface area contributed by atoms with Crippen molar-refractivity contribution in [1.29, 1.82) is 0 Å². The Hall–Kier alpha value is -0.530. The lowest BCUT2D eigenvalue weighted by atomic mass is 10.2. The molecule has 2 rings (SSSR count). The van der Waals surface area contributed by atoms with Gasteiger partial charge in [0.2, 0.25) is 0 Å². The molecule has 19 heavy (non-hydrogen) atoms. The highest BCUT2D eigenvalue weighted by atomic mass is 127. The molecular weight excluding hydrogens is 437 g/mol. The van der Waals surface area contributed by atoms with Gasteiger partial charge in [-0.05, 0) is 75.1 Å². The molecule has 5 heteroatoms. The highest BCUT2D eigenvalue weighted by Crippen LogP contribution is 2.25. The van der Waals surface area contributed by atoms with Crippen LogP contribution in [0.2, 0.25) is 0 Å². The standard InChI is InChI=1S/C14H11BrINOS/c1-19-13-5-3-2-4-10(13)14(18)17-9-6-7-12(16)11(15)8-9/h2-8H,1H3,(H,17,18). The lowest BCUT2D eigenvalue weighted by molar-refractivity contribution is 0.102. The van der Waals surface area contributed by atoms with Crippen LogP contribution in [0, 0.1) is 3.57 Å². The molecule has 0 saturated heterocycles. The molecule has 0 saturated carbocycles. The van der Waals surface area contributed by atoms with Crippen LogP contribution in [-0.2, 0) is 0 Å². The minimum absolute atomic E-state index is 0.0851. The Kier molecular flexibility index (Phi) is 5.29. The van der Waals surface area contributed by atoms with E-state index in [2.05, 4.69) is 43.8 Å². The quantitative estimate of drug-likeness (QED) is 0.528. The van der Waals surface area contributed by atoms with Gasteiger partial charge in [0.25, 0.3) is 5.91 Å². The van der Waals surface area contributed by atoms with Gasteiger partial charge in [-0.25, -0.2) is 0 Å². The molecule has 1 N–H and O–H groups in total. The van der Waals surface area contributed by atoms with Crippen molar-refractivity contribution < 1.29 is 4.79 Å². The molecule has 2 nitrogen and oxygen atoms in total. The number of thioether (sulfide) groups is 1. The third kappa shape index (κ3) is 3.73. The van der Waals surface area contributed by atoms with Crippen LogP contribution in [0.15, 0.2) is 51.8 Å². The third-order valence-electron chi connectivity index (χ3n) is 2.53. The maximum Gasteiger partial charge on any atom is 0.256 e. The molecule has 0 fully saturated rings. The summed E-state index contributed by atoms with van der Waals surface area (Å²) in [5, 5.41) is 2.92. The number of benzene rings is 2. The molecule has 0 aliphatic rings. The molecule has 0 atom stereocenters. The number of hydrogen-bond acceptors (Lipinski definition) is 2. The van der Waals surface area contributed by atoms with E-state index < -0.39 is 0 Å². The summed E-state index contributed by atoms with van der Waals surface area (Å²) < 4.78 is 2.09. The SMILES string of the molecule is CSc1ccccc1C(=O)Nc1ccc(I)c(Br)c1. The number of halogens is 2. The fourth-order valence-electron chi connectivity index (χ4n) is 1.60. The highest BCUT2D eigenvalue weighted by Gasteiger charge is 2.10. The molecule has 0 unspecified atom stereocenters. The largest absolute Gasteiger partial charge is 0.322 e. The number of hydrogen-bond donors (Lipinski definition) is 1. The van der Waals surface area contributed by atoms with Crippen molar-refractivity contribution in [1.82, 2.24) is 0 Å². The Balaban J connectivity index is 2.23. The van der Waals surface area contributed by atoms with E-state index in [9.17, 15) is 4.79 Å². The van der Waals surface area contributed by atoms with Crippen molar-refractivity contribution in [3.05, 3.63) is 56.1 Å². The maximum atomic E-state index is 12.2. The lowest BCUT2D eigenvalue weighted by Crippen LogP contribution is -2.12. The number of carbonyl (C=O) groups is 1. The summed E-state index contributed by atoms with van der Waals surface area (Å²) in [5.74, 6) is -0.0851. The Morgan fingerprint density at radius 3 is 2.68 bits per heavy atom. The topological polar surface area (TPSA) is 29.1 Å². The molecule has 0 aromatic heterocycles. The van der Waals surface area contributed by atoms with Crippen molar-refractivity contribution in [2.24, 2.45) is 0 Å². The van der Waals surface area contributed by atoms with Crippen molar-refractivity contribution in [3.8, 4) is 0 Å². The first-order valence-electron chi connectivity index (χ1n) is 5.51. The second kappa shape index (κ2) is 6.76. The summed E-state index contributed by atoms with van der Waals surface area (Å²) in [6.07, 6.45) is 1.97. The maximum absolute atomic E-state index is 12.2. The molecule has 0 heterocycles. The fraction of sp³-hybridized carbons (Fsp3) is 0.0714. The monoisotopic (exact) mass is 447 g/mol. The fourth-order valence-corrected chi connectivity index (χ4v) is 2.91. The van der Waals surface area contributed by atoms with Crippen LogP contribution in [0.5, 0.6) is 0 Å². The Labute approximate surface area is 138 Å². The average molecular weight is 448 g/mol. The molecule has 1 amide bonds. The van der Waals surface area contributed by atoms with Crippen molar-refractivity contribution >= 4 is 61.9 Å². The van der Waals surface area contributed by atoms with E-state index in [4.69, 9.17) is 0 Å². The summed E-state index contributed by atoms with van der Waals surface area (Å²) >= 11 is 7.26. The Morgan fingerprint density at radius 2 is 2.00 bits per heavy atom. The number of amides is 1. The average Bonchev–Trinajstić information content (AvgIpc) is 2.43. The van der Waals surface area contributed by atoms with Crippen LogP contribution < -0.4 is 5.32 Å². The zero-order valence-electron chi connectivity index (χ0n) is 10.1. The molecule has 0 spiro atoms. The van der Waals surface area contributed by atoms with E-state index in [1.54, 1.807) is 11.8 Å². The van der Waals surface area contributed by atoms with Crippen LogP contribution in [0.3, 0.4) is 0 Å². The number of nitrogens with one attached hydrogen (secondary N) is 1. The summed E-state index contributed by atoms with van der Waals surface area (Å²) in [7, 11) is 0. The summed E-state index contributed by atoms with van der Waals surface area (Å²) in [5.41, 5.74) is 1.48. The summed E-state index contributed by atoms with van der Waals surface area (Å²) in [6.45, 7) is 0. The van der Waals surface area contributed by atoms with Crippen molar-refractivity contribution in [2.45, 2.75) is 4.90 Å². The van der Waals surface area contributed by atoms with Gasteiger partial charge in [0.15, 0.2) is 0 Å². The van der Waals surface area contributed by atoms with E-state index >= 15 is 0 Å². The molecule has 98 valence electrons. The van der Waals surface area contributed by atoms with E-state index in [0.29, 0.717) is 5.56 Å². The molecule has 0 radical (unpaired) electrons. The molecule has 2 aromatic rings. The number of anilines is 1. The van der Waals surface area contributed by atoms with E-state index in [0.717, 1.165) is 18.6 Å². The van der Waals surface area contributed by atoms with Gasteiger partial charge < -0.3 is 5.32 Å². The first kappa shape index (κ1) is 14.9. The smallest absolute Gasteiger partial charge is 0.256 e. The van der Waals surface area contributed by atoms with Crippen LogP contribution in [0.25, 0.3) is 0 Å². The minimum Gasteiger partial charge on any atom is -0.322 e. The predicted molar refractivity (Wildman–Crippen MR) is 93.0 cm³/mol.